The quantitative estimate of drug-likeness (QED) is 0.614. The van der Waals surface area contributed by atoms with E-state index in [0.29, 0.717) is 6.04 Å². The summed E-state index contributed by atoms with van der Waals surface area (Å²) in [6, 6.07) is 0.346. The standard InChI is InChI=1S/C24H42N2O4/c1-15(23(29)25-17-8-6-5-7-9-17)18-10-12-24(3)13-11-19(26-20(27)14-30-4)16(2)21(24)22(18)28/h15-19,21-22,28H,5-14H2,1-4H3,(H,25,29)(H,26,27)/t15-,16+,18+,19-,21+,22-,24-/m0/s1. The molecule has 3 saturated carbocycles. The molecule has 0 bridgehead atoms. The summed E-state index contributed by atoms with van der Waals surface area (Å²) in [4.78, 5) is 25.0. The van der Waals surface area contributed by atoms with Gasteiger partial charge in [-0.05, 0) is 61.7 Å². The molecule has 3 aliphatic rings. The molecule has 7 atom stereocenters. The van der Waals surface area contributed by atoms with Crippen molar-refractivity contribution < 1.29 is 19.4 Å². The molecule has 6 heteroatoms. The summed E-state index contributed by atoms with van der Waals surface area (Å²) in [5, 5.41) is 17.8. The van der Waals surface area contributed by atoms with Crippen LogP contribution in [-0.2, 0) is 14.3 Å². The third-order valence-electron chi connectivity index (χ3n) is 8.52. The molecule has 3 aliphatic carbocycles. The van der Waals surface area contributed by atoms with Crippen LogP contribution < -0.4 is 10.6 Å². The van der Waals surface area contributed by atoms with Crippen molar-refractivity contribution in [3.05, 3.63) is 0 Å². The van der Waals surface area contributed by atoms with Gasteiger partial charge in [0, 0.05) is 25.1 Å². The predicted molar refractivity (Wildman–Crippen MR) is 117 cm³/mol. The fraction of sp³-hybridized carbons (Fsp3) is 0.917. The lowest BCUT2D eigenvalue weighted by molar-refractivity contribution is -0.144. The highest BCUT2D eigenvalue weighted by Gasteiger charge is 2.53. The third-order valence-corrected chi connectivity index (χ3v) is 8.52. The van der Waals surface area contributed by atoms with Gasteiger partial charge < -0.3 is 20.5 Å². The fourth-order valence-electron chi connectivity index (χ4n) is 6.65. The summed E-state index contributed by atoms with van der Waals surface area (Å²) in [6.07, 6.45) is 9.13. The second-order valence-corrected chi connectivity index (χ2v) is 10.5. The summed E-state index contributed by atoms with van der Waals surface area (Å²) in [5.74, 6) is 0.0337. The minimum absolute atomic E-state index is 0.0254. The second kappa shape index (κ2) is 9.99. The molecule has 6 nitrogen and oxygen atoms in total. The molecule has 3 fully saturated rings. The first-order valence-electron chi connectivity index (χ1n) is 12.0. The molecule has 0 aromatic carbocycles. The Morgan fingerprint density at radius 2 is 1.77 bits per heavy atom. The van der Waals surface area contributed by atoms with Crippen molar-refractivity contribution in [2.75, 3.05) is 13.7 Å². The van der Waals surface area contributed by atoms with E-state index in [2.05, 4.69) is 24.5 Å². The Balaban J connectivity index is 1.66. The number of ether oxygens (including phenoxy) is 1. The van der Waals surface area contributed by atoms with E-state index in [0.717, 1.165) is 38.5 Å². The van der Waals surface area contributed by atoms with Crippen LogP contribution in [0.5, 0.6) is 0 Å². The van der Waals surface area contributed by atoms with Crippen LogP contribution in [0.2, 0.25) is 0 Å². The monoisotopic (exact) mass is 422 g/mol. The van der Waals surface area contributed by atoms with Crippen LogP contribution in [0, 0.1) is 29.1 Å². The molecule has 0 spiro atoms. The zero-order chi connectivity index (χ0) is 21.9. The van der Waals surface area contributed by atoms with Crippen LogP contribution in [0.3, 0.4) is 0 Å². The van der Waals surface area contributed by atoms with E-state index in [4.69, 9.17) is 4.74 Å². The maximum absolute atomic E-state index is 13.0. The summed E-state index contributed by atoms with van der Waals surface area (Å²) in [6.45, 7) is 6.49. The molecule has 30 heavy (non-hydrogen) atoms. The average Bonchev–Trinajstić information content (AvgIpc) is 2.71. The van der Waals surface area contributed by atoms with Crippen molar-refractivity contribution >= 4 is 11.8 Å². The number of hydrogen-bond donors (Lipinski definition) is 3. The van der Waals surface area contributed by atoms with Gasteiger partial charge in [0.05, 0.1) is 6.10 Å². The zero-order valence-electron chi connectivity index (χ0n) is 19.3. The zero-order valence-corrected chi connectivity index (χ0v) is 19.3. The van der Waals surface area contributed by atoms with Gasteiger partial charge in [-0.25, -0.2) is 0 Å². The molecular weight excluding hydrogens is 380 g/mol. The minimum atomic E-state index is -0.520. The summed E-state index contributed by atoms with van der Waals surface area (Å²) in [5.41, 5.74) is 0.0668. The summed E-state index contributed by atoms with van der Waals surface area (Å²) in [7, 11) is 1.52. The number of hydrogen-bond acceptors (Lipinski definition) is 4. The number of carbonyl (C=O) groups excluding carboxylic acids is 2. The maximum atomic E-state index is 13.0. The van der Waals surface area contributed by atoms with E-state index in [1.54, 1.807) is 0 Å². The van der Waals surface area contributed by atoms with E-state index in [-0.39, 0.29) is 53.5 Å². The van der Waals surface area contributed by atoms with Crippen LogP contribution in [0.4, 0.5) is 0 Å². The van der Waals surface area contributed by atoms with E-state index in [1.165, 1.54) is 26.4 Å². The Morgan fingerprint density at radius 3 is 2.43 bits per heavy atom. The van der Waals surface area contributed by atoms with Crippen molar-refractivity contribution in [3.63, 3.8) is 0 Å². The molecule has 0 radical (unpaired) electrons. The van der Waals surface area contributed by atoms with E-state index >= 15 is 0 Å². The Hall–Kier alpha value is -1.14. The van der Waals surface area contributed by atoms with Crippen molar-refractivity contribution in [1.29, 1.82) is 0 Å². The van der Waals surface area contributed by atoms with Crippen LogP contribution in [0.1, 0.15) is 78.6 Å². The third kappa shape index (κ3) is 5.01. The molecule has 0 unspecified atom stereocenters. The number of carbonyl (C=O) groups is 2. The lowest BCUT2D eigenvalue weighted by Gasteiger charge is -2.56. The van der Waals surface area contributed by atoms with Gasteiger partial charge in [0.15, 0.2) is 0 Å². The van der Waals surface area contributed by atoms with E-state index < -0.39 is 6.10 Å². The van der Waals surface area contributed by atoms with Crippen LogP contribution in [0.25, 0.3) is 0 Å². The smallest absolute Gasteiger partial charge is 0.246 e. The largest absolute Gasteiger partial charge is 0.392 e. The van der Waals surface area contributed by atoms with Gasteiger partial charge in [-0.15, -0.1) is 0 Å². The van der Waals surface area contributed by atoms with E-state index in [9.17, 15) is 14.7 Å². The van der Waals surface area contributed by atoms with Crippen molar-refractivity contribution in [2.45, 2.75) is 96.7 Å². The van der Waals surface area contributed by atoms with Crippen molar-refractivity contribution in [1.82, 2.24) is 10.6 Å². The number of amides is 2. The second-order valence-electron chi connectivity index (χ2n) is 10.5. The maximum Gasteiger partial charge on any atom is 0.246 e. The summed E-state index contributed by atoms with van der Waals surface area (Å²) >= 11 is 0. The number of rotatable bonds is 6. The van der Waals surface area contributed by atoms with Gasteiger partial charge >= 0.3 is 0 Å². The predicted octanol–water partition coefficient (Wildman–Crippen LogP) is 3.03. The Morgan fingerprint density at radius 1 is 1.10 bits per heavy atom. The first-order chi connectivity index (χ1) is 14.3. The molecule has 0 heterocycles. The number of nitrogens with one attached hydrogen (secondary N) is 2. The summed E-state index contributed by atoms with van der Waals surface area (Å²) < 4.78 is 4.96. The van der Waals surface area contributed by atoms with Gasteiger partial charge in [0.25, 0.3) is 0 Å². The first kappa shape index (κ1) is 23.5. The number of aliphatic hydroxyl groups excluding tert-OH is 1. The Kier molecular flexibility index (Phi) is 7.83. The number of aliphatic hydroxyl groups is 1. The minimum Gasteiger partial charge on any atom is -0.392 e. The SMILES string of the molecule is COCC(=O)N[C@H]1CC[C@]2(C)CC[C@H]([C@H](C)C(=O)NC3CCCCC3)[C@H](O)[C@H]2[C@@H]1C. The van der Waals surface area contributed by atoms with Crippen LogP contribution in [0.15, 0.2) is 0 Å². The normalized spacial score (nSPS) is 38.4. The van der Waals surface area contributed by atoms with Gasteiger partial charge in [-0.1, -0.05) is 40.0 Å². The average molecular weight is 423 g/mol. The highest BCUT2D eigenvalue weighted by Crippen LogP contribution is 2.55. The van der Waals surface area contributed by atoms with Crippen LogP contribution in [-0.4, -0.2) is 48.8 Å². The van der Waals surface area contributed by atoms with E-state index in [1.807, 2.05) is 6.92 Å². The van der Waals surface area contributed by atoms with Crippen LogP contribution >= 0.6 is 0 Å². The molecule has 0 aliphatic heterocycles. The highest BCUT2D eigenvalue weighted by atomic mass is 16.5. The lowest BCUT2D eigenvalue weighted by Crippen LogP contribution is -2.59. The molecule has 0 saturated heterocycles. The lowest BCUT2D eigenvalue weighted by atomic mass is 9.51. The molecule has 3 N–H and O–H groups in total. The number of methoxy groups -OCH3 is 1. The highest BCUT2D eigenvalue weighted by molar-refractivity contribution is 5.79. The molecule has 0 aromatic rings. The fourth-order valence-corrected chi connectivity index (χ4v) is 6.65. The molecule has 2 amide bonds. The molecule has 0 aromatic heterocycles. The Bertz CT molecular complexity index is 606. The number of fused-ring (bicyclic) bond motifs is 1. The van der Waals surface area contributed by atoms with Gasteiger partial charge in [-0.3, -0.25) is 9.59 Å². The van der Waals surface area contributed by atoms with Crippen molar-refractivity contribution in [3.8, 4) is 0 Å². The first-order valence-corrected chi connectivity index (χ1v) is 12.0. The van der Waals surface area contributed by atoms with Gasteiger partial charge in [0.2, 0.25) is 11.8 Å². The van der Waals surface area contributed by atoms with Crippen molar-refractivity contribution in [2.24, 2.45) is 29.1 Å². The van der Waals surface area contributed by atoms with Gasteiger partial charge in [-0.2, -0.15) is 0 Å². The Labute approximate surface area is 181 Å². The molecule has 3 rings (SSSR count). The van der Waals surface area contributed by atoms with Gasteiger partial charge in [0.1, 0.15) is 6.61 Å². The molecule has 172 valence electrons. The topological polar surface area (TPSA) is 87.7 Å². The molecular formula is C24H42N2O4.